The quantitative estimate of drug-likeness (QED) is 0.439. The maximum Gasteiger partial charge on any atom is 0.191 e. The van der Waals surface area contributed by atoms with Crippen LogP contribution in [0.15, 0.2) is 82.4 Å². The highest BCUT2D eigenvalue weighted by molar-refractivity contribution is 5.79. The Hall–Kier alpha value is -3.05. The minimum Gasteiger partial charge on any atom is -0.469 e. The van der Waals surface area contributed by atoms with Crippen molar-refractivity contribution < 1.29 is 9.15 Å². The highest BCUT2D eigenvalue weighted by Gasteiger charge is 2.02. The highest BCUT2D eigenvalue weighted by Crippen LogP contribution is 2.09. The summed E-state index contributed by atoms with van der Waals surface area (Å²) < 4.78 is 11.2. The number of ether oxygens (including phenoxy) is 1. The number of guanidine groups is 1. The Balaban J connectivity index is 1.41. The van der Waals surface area contributed by atoms with Crippen LogP contribution in [0.25, 0.3) is 0 Å². The van der Waals surface area contributed by atoms with Crippen LogP contribution in [0.2, 0.25) is 0 Å². The average molecular weight is 377 g/mol. The van der Waals surface area contributed by atoms with Gasteiger partial charge in [0.2, 0.25) is 0 Å². The van der Waals surface area contributed by atoms with E-state index in [1.807, 2.05) is 30.3 Å². The molecule has 146 valence electrons. The third kappa shape index (κ3) is 6.59. The van der Waals surface area contributed by atoms with Crippen LogP contribution in [0, 0.1) is 0 Å². The molecule has 0 unspecified atom stereocenters. The van der Waals surface area contributed by atoms with E-state index >= 15 is 0 Å². The summed E-state index contributed by atoms with van der Waals surface area (Å²) in [6.07, 6.45) is 2.51. The molecule has 3 rings (SSSR count). The lowest BCUT2D eigenvalue weighted by Crippen LogP contribution is -2.37. The molecule has 0 fully saturated rings. The number of hydrogen-bond donors (Lipinski definition) is 2. The minimum absolute atomic E-state index is 0.596. The lowest BCUT2D eigenvalue weighted by molar-refractivity contribution is 0.107. The van der Waals surface area contributed by atoms with Gasteiger partial charge in [-0.15, -0.1) is 0 Å². The van der Waals surface area contributed by atoms with E-state index < -0.39 is 0 Å². The Labute approximate surface area is 166 Å². The van der Waals surface area contributed by atoms with Crippen LogP contribution < -0.4 is 10.6 Å². The van der Waals surface area contributed by atoms with E-state index in [-0.39, 0.29) is 0 Å². The second-order valence-electron chi connectivity index (χ2n) is 6.48. The number of nitrogens with one attached hydrogen (secondary N) is 2. The molecule has 1 aromatic heterocycles. The third-order valence-electron chi connectivity index (χ3n) is 4.30. The van der Waals surface area contributed by atoms with Crippen LogP contribution in [0.5, 0.6) is 0 Å². The molecule has 0 radical (unpaired) electrons. The van der Waals surface area contributed by atoms with Gasteiger partial charge in [-0.1, -0.05) is 54.6 Å². The summed E-state index contributed by atoms with van der Waals surface area (Å²) in [6, 6.07) is 22.5. The van der Waals surface area contributed by atoms with Crippen molar-refractivity contribution in [3.05, 3.63) is 95.4 Å². The van der Waals surface area contributed by atoms with Gasteiger partial charge in [-0.25, -0.2) is 0 Å². The van der Waals surface area contributed by atoms with Crippen LogP contribution in [-0.4, -0.2) is 19.6 Å². The van der Waals surface area contributed by atoms with Gasteiger partial charge < -0.3 is 19.8 Å². The number of aliphatic imine (C=N–C) groups is 1. The van der Waals surface area contributed by atoms with Gasteiger partial charge >= 0.3 is 0 Å². The Kier molecular flexibility index (Phi) is 7.70. The maximum atomic E-state index is 5.83. The lowest BCUT2D eigenvalue weighted by atomic mass is 10.1. The summed E-state index contributed by atoms with van der Waals surface area (Å²) in [4.78, 5) is 4.27. The van der Waals surface area contributed by atoms with E-state index in [2.05, 4.69) is 52.0 Å². The molecular weight excluding hydrogens is 350 g/mol. The summed E-state index contributed by atoms with van der Waals surface area (Å²) in [5, 5.41) is 6.64. The Bertz CT molecular complexity index is 845. The average Bonchev–Trinajstić information content (AvgIpc) is 3.25. The van der Waals surface area contributed by atoms with Crippen molar-refractivity contribution in [1.29, 1.82) is 0 Å². The molecule has 2 N–H and O–H groups in total. The minimum atomic E-state index is 0.596. The predicted molar refractivity (Wildman–Crippen MR) is 112 cm³/mol. The van der Waals surface area contributed by atoms with Crippen LogP contribution in [-0.2, 0) is 30.9 Å². The molecular formula is C23H27N3O2. The number of rotatable bonds is 9. The predicted octanol–water partition coefficient (Wildman–Crippen LogP) is 3.90. The first-order chi connectivity index (χ1) is 13.8. The summed E-state index contributed by atoms with van der Waals surface area (Å²) in [7, 11) is 1.77. The first-order valence-electron chi connectivity index (χ1n) is 9.50. The van der Waals surface area contributed by atoms with Crippen LogP contribution in [0.4, 0.5) is 0 Å². The molecule has 0 saturated carbocycles. The standard InChI is InChI=1S/C23H27N3O2/c1-24-23(25-13-12-22-11-6-14-28-22)26-16-20-9-5-10-21(15-20)18-27-17-19-7-3-2-4-8-19/h2-11,14-15H,12-13,16-18H2,1H3,(H2,24,25,26). The zero-order chi connectivity index (χ0) is 19.4. The number of benzene rings is 2. The van der Waals surface area contributed by atoms with Crippen molar-refractivity contribution in [3.63, 3.8) is 0 Å². The second-order valence-corrected chi connectivity index (χ2v) is 6.48. The van der Waals surface area contributed by atoms with Crippen molar-refractivity contribution in [1.82, 2.24) is 10.6 Å². The summed E-state index contributed by atoms with van der Waals surface area (Å²) >= 11 is 0. The van der Waals surface area contributed by atoms with Gasteiger partial charge in [-0.2, -0.15) is 0 Å². The van der Waals surface area contributed by atoms with Gasteiger partial charge in [0.25, 0.3) is 0 Å². The van der Waals surface area contributed by atoms with Gasteiger partial charge in [0.05, 0.1) is 19.5 Å². The Morgan fingerprint density at radius 2 is 1.68 bits per heavy atom. The smallest absolute Gasteiger partial charge is 0.191 e. The van der Waals surface area contributed by atoms with Crippen molar-refractivity contribution in [3.8, 4) is 0 Å². The van der Waals surface area contributed by atoms with Gasteiger partial charge in [0.1, 0.15) is 5.76 Å². The lowest BCUT2D eigenvalue weighted by Gasteiger charge is -2.12. The van der Waals surface area contributed by atoms with Gasteiger partial charge in [-0.05, 0) is 28.8 Å². The Morgan fingerprint density at radius 3 is 2.46 bits per heavy atom. The molecule has 5 heteroatoms. The van der Waals surface area contributed by atoms with E-state index in [9.17, 15) is 0 Å². The SMILES string of the molecule is CN=C(NCCc1ccco1)NCc1cccc(COCc2ccccc2)c1. The first kappa shape index (κ1) is 19.7. The van der Waals surface area contributed by atoms with Gasteiger partial charge in [0, 0.05) is 26.6 Å². The van der Waals surface area contributed by atoms with E-state index in [0.29, 0.717) is 19.8 Å². The zero-order valence-corrected chi connectivity index (χ0v) is 16.2. The fraction of sp³-hybridized carbons (Fsp3) is 0.261. The van der Waals surface area contributed by atoms with Crippen LogP contribution in [0.1, 0.15) is 22.5 Å². The molecule has 5 nitrogen and oxygen atoms in total. The monoisotopic (exact) mass is 377 g/mol. The molecule has 0 amide bonds. The second kappa shape index (κ2) is 10.9. The van der Waals surface area contributed by atoms with Crippen molar-refractivity contribution in [2.75, 3.05) is 13.6 Å². The zero-order valence-electron chi connectivity index (χ0n) is 16.2. The topological polar surface area (TPSA) is 58.8 Å². The molecule has 2 aromatic carbocycles. The molecule has 28 heavy (non-hydrogen) atoms. The van der Waals surface area contributed by atoms with Gasteiger partial charge in [-0.3, -0.25) is 4.99 Å². The molecule has 0 aliphatic rings. The fourth-order valence-electron chi connectivity index (χ4n) is 2.86. The molecule has 0 aliphatic heterocycles. The summed E-state index contributed by atoms with van der Waals surface area (Å²) in [6.45, 7) is 2.68. The van der Waals surface area contributed by atoms with Gasteiger partial charge in [0.15, 0.2) is 5.96 Å². The normalized spacial score (nSPS) is 11.4. The largest absolute Gasteiger partial charge is 0.469 e. The molecule has 0 bridgehead atoms. The van der Waals surface area contributed by atoms with E-state index in [4.69, 9.17) is 9.15 Å². The maximum absolute atomic E-state index is 5.83. The molecule has 1 heterocycles. The summed E-state index contributed by atoms with van der Waals surface area (Å²) in [5.74, 6) is 1.74. The van der Waals surface area contributed by atoms with E-state index in [1.165, 1.54) is 11.1 Å². The van der Waals surface area contributed by atoms with Crippen molar-refractivity contribution in [2.24, 2.45) is 4.99 Å². The molecule has 0 saturated heterocycles. The first-order valence-corrected chi connectivity index (χ1v) is 9.50. The van der Waals surface area contributed by atoms with Crippen molar-refractivity contribution in [2.45, 2.75) is 26.2 Å². The number of nitrogens with zero attached hydrogens (tertiary/aromatic N) is 1. The molecule has 0 atom stereocenters. The van der Waals surface area contributed by atoms with Crippen LogP contribution >= 0.6 is 0 Å². The van der Waals surface area contributed by atoms with Crippen LogP contribution in [0.3, 0.4) is 0 Å². The number of hydrogen-bond acceptors (Lipinski definition) is 3. The summed E-state index contributed by atoms with van der Waals surface area (Å²) in [5.41, 5.74) is 3.54. The molecule has 0 spiro atoms. The van der Waals surface area contributed by atoms with Crippen molar-refractivity contribution >= 4 is 5.96 Å². The van der Waals surface area contributed by atoms with E-state index in [0.717, 1.165) is 30.2 Å². The van der Waals surface area contributed by atoms with E-state index in [1.54, 1.807) is 13.3 Å². The third-order valence-corrected chi connectivity index (χ3v) is 4.30. The molecule has 0 aliphatic carbocycles. The number of furan rings is 1. The fourth-order valence-corrected chi connectivity index (χ4v) is 2.86. The molecule has 3 aromatic rings. The Morgan fingerprint density at radius 1 is 0.893 bits per heavy atom. The highest BCUT2D eigenvalue weighted by atomic mass is 16.5.